The minimum atomic E-state index is -4.62. The molecule has 4 heterocycles. The maximum atomic E-state index is 13.7. The Morgan fingerprint density at radius 1 is 1.28 bits per heavy atom. The van der Waals surface area contributed by atoms with E-state index in [1.807, 2.05) is 11.8 Å². The summed E-state index contributed by atoms with van der Waals surface area (Å²) in [6, 6.07) is 3.40. The topological polar surface area (TPSA) is 83.0 Å². The Morgan fingerprint density at radius 3 is 2.79 bits per heavy atom. The lowest BCUT2D eigenvalue weighted by molar-refractivity contribution is -0.156. The van der Waals surface area contributed by atoms with Gasteiger partial charge in [0.1, 0.15) is 18.0 Å². The lowest BCUT2D eigenvalue weighted by Gasteiger charge is -2.33. The number of pyridine rings is 1. The molecule has 2 aliphatic heterocycles. The Hall–Kier alpha value is -2.46. The molecule has 7 nitrogen and oxygen atoms in total. The van der Waals surface area contributed by atoms with E-state index in [9.17, 15) is 18.0 Å². The van der Waals surface area contributed by atoms with Gasteiger partial charge in [0.15, 0.2) is 0 Å². The summed E-state index contributed by atoms with van der Waals surface area (Å²) in [5.74, 6) is -2.32. The van der Waals surface area contributed by atoms with E-state index in [2.05, 4.69) is 25.6 Å². The standard InChI is InChI=1S/C18H18ClF3N6O/c1-9-7-28(3-2-23-9)13-5-10(19)4-12(26-13)16-15-11(18(20,21)22)6-14(29)27-17(15)25-8-24-16/h4-5,8-9,11,23H,2-3,6-7H2,1H3,(H,24,25,27,29)/t9-,11+/m0/s1. The Bertz CT molecular complexity index is 954. The Labute approximate surface area is 169 Å². The zero-order valence-electron chi connectivity index (χ0n) is 15.4. The lowest BCUT2D eigenvalue weighted by Crippen LogP contribution is -2.49. The fourth-order valence-corrected chi connectivity index (χ4v) is 3.89. The maximum absolute atomic E-state index is 13.7. The van der Waals surface area contributed by atoms with Gasteiger partial charge in [-0.1, -0.05) is 11.6 Å². The van der Waals surface area contributed by atoms with Gasteiger partial charge in [0.25, 0.3) is 0 Å². The Balaban J connectivity index is 1.82. The lowest BCUT2D eigenvalue weighted by atomic mass is 9.89. The molecule has 1 fully saturated rings. The van der Waals surface area contributed by atoms with Crippen LogP contribution < -0.4 is 15.5 Å². The molecule has 1 amide bonds. The number of alkyl halides is 3. The minimum absolute atomic E-state index is 0.0178. The van der Waals surface area contributed by atoms with Crippen LogP contribution in [0.3, 0.4) is 0 Å². The number of carbonyl (C=O) groups is 1. The molecule has 4 rings (SSSR count). The van der Waals surface area contributed by atoms with E-state index >= 15 is 0 Å². The van der Waals surface area contributed by atoms with Crippen molar-refractivity contribution >= 4 is 29.1 Å². The second kappa shape index (κ2) is 7.42. The van der Waals surface area contributed by atoms with Gasteiger partial charge in [0.2, 0.25) is 5.91 Å². The molecule has 0 radical (unpaired) electrons. The minimum Gasteiger partial charge on any atom is -0.354 e. The average molecular weight is 427 g/mol. The molecule has 0 unspecified atom stereocenters. The van der Waals surface area contributed by atoms with Gasteiger partial charge in [-0.25, -0.2) is 15.0 Å². The molecule has 2 aromatic heterocycles. The molecule has 2 aromatic rings. The molecule has 2 atom stereocenters. The van der Waals surface area contributed by atoms with Crippen molar-refractivity contribution in [3.8, 4) is 11.4 Å². The summed E-state index contributed by atoms with van der Waals surface area (Å²) in [4.78, 5) is 26.2. The highest BCUT2D eigenvalue weighted by atomic mass is 35.5. The van der Waals surface area contributed by atoms with Gasteiger partial charge < -0.3 is 15.5 Å². The van der Waals surface area contributed by atoms with Gasteiger partial charge in [-0.15, -0.1) is 0 Å². The van der Waals surface area contributed by atoms with E-state index in [0.29, 0.717) is 23.9 Å². The third-order valence-corrected chi connectivity index (χ3v) is 5.21. The fraction of sp³-hybridized carbons (Fsp3) is 0.444. The zero-order chi connectivity index (χ0) is 20.8. The quantitative estimate of drug-likeness (QED) is 0.768. The largest absolute Gasteiger partial charge is 0.396 e. The number of anilines is 2. The summed E-state index contributed by atoms with van der Waals surface area (Å²) in [6.45, 7) is 4.18. The SMILES string of the molecule is C[C@H]1CN(c2cc(Cl)cc(-c3ncnc4c3[C@H](C(F)(F)F)CC(=O)N4)n2)CCN1. The van der Waals surface area contributed by atoms with Crippen LogP contribution in [0.2, 0.25) is 5.02 Å². The van der Waals surface area contributed by atoms with Gasteiger partial charge >= 0.3 is 6.18 Å². The normalized spacial score (nSPS) is 22.2. The molecule has 0 aliphatic carbocycles. The van der Waals surface area contributed by atoms with Crippen molar-refractivity contribution in [1.29, 1.82) is 0 Å². The molecule has 0 spiro atoms. The first kappa shape index (κ1) is 19.8. The monoisotopic (exact) mass is 426 g/mol. The first-order chi connectivity index (χ1) is 13.7. The van der Waals surface area contributed by atoms with Crippen LogP contribution in [0.25, 0.3) is 11.4 Å². The molecule has 2 aliphatic rings. The van der Waals surface area contributed by atoms with Crippen molar-refractivity contribution in [2.75, 3.05) is 29.9 Å². The molecule has 29 heavy (non-hydrogen) atoms. The molecule has 0 bridgehead atoms. The summed E-state index contributed by atoms with van der Waals surface area (Å²) in [6.07, 6.45) is -4.23. The number of aromatic nitrogens is 3. The molecular formula is C18H18ClF3N6O. The van der Waals surface area contributed by atoms with Crippen molar-refractivity contribution in [1.82, 2.24) is 20.3 Å². The number of fused-ring (bicyclic) bond motifs is 1. The van der Waals surface area contributed by atoms with Crippen LogP contribution in [0.5, 0.6) is 0 Å². The van der Waals surface area contributed by atoms with Gasteiger partial charge in [0, 0.05) is 42.7 Å². The van der Waals surface area contributed by atoms with Gasteiger partial charge in [-0.2, -0.15) is 13.2 Å². The average Bonchev–Trinajstić information content (AvgIpc) is 2.65. The van der Waals surface area contributed by atoms with E-state index in [4.69, 9.17) is 11.6 Å². The van der Waals surface area contributed by atoms with Crippen LogP contribution in [0, 0.1) is 0 Å². The molecule has 11 heteroatoms. The fourth-order valence-electron chi connectivity index (χ4n) is 3.69. The van der Waals surface area contributed by atoms with Crippen molar-refractivity contribution in [3.63, 3.8) is 0 Å². The van der Waals surface area contributed by atoms with E-state index in [0.717, 1.165) is 12.9 Å². The van der Waals surface area contributed by atoms with Gasteiger partial charge in [-0.05, 0) is 19.1 Å². The number of piperazine rings is 1. The number of nitrogens with one attached hydrogen (secondary N) is 2. The summed E-state index contributed by atoms with van der Waals surface area (Å²) >= 11 is 6.27. The van der Waals surface area contributed by atoms with E-state index in [-0.39, 0.29) is 28.8 Å². The number of halogens is 4. The highest BCUT2D eigenvalue weighted by molar-refractivity contribution is 6.31. The van der Waals surface area contributed by atoms with Crippen LogP contribution in [0.4, 0.5) is 24.8 Å². The van der Waals surface area contributed by atoms with E-state index in [1.54, 1.807) is 6.07 Å². The predicted molar refractivity (Wildman–Crippen MR) is 102 cm³/mol. The number of amides is 1. The van der Waals surface area contributed by atoms with Crippen LogP contribution in [-0.4, -0.2) is 52.7 Å². The number of hydrogen-bond donors (Lipinski definition) is 2. The third-order valence-electron chi connectivity index (χ3n) is 4.99. The molecule has 2 N–H and O–H groups in total. The van der Waals surface area contributed by atoms with E-state index < -0.39 is 24.4 Å². The van der Waals surface area contributed by atoms with Crippen LogP contribution in [0.15, 0.2) is 18.5 Å². The highest BCUT2D eigenvalue weighted by Crippen LogP contribution is 2.46. The maximum Gasteiger partial charge on any atom is 0.396 e. The first-order valence-corrected chi connectivity index (χ1v) is 9.48. The molecule has 1 saturated heterocycles. The number of rotatable bonds is 2. The number of hydrogen-bond acceptors (Lipinski definition) is 6. The summed E-state index contributed by atoms with van der Waals surface area (Å²) in [5, 5.41) is 6.06. The van der Waals surface area contributed by atoms with Crippen LogP contribution in [-0.2, 0) is 4.79 Å². The Morgan fingerprint density at radius 2 is 2.07 bits per heavy atom. The van der Waals surface area contributed by atoms with Gasteiger partial charge in [0.05, 0.1) is 17.3 Å². The predicted octanol–water partition coefficient (Wildman–Crippen LogP) is 2.98. The van der Waals surface area contributed by atoms with Crippen molar-refractivity contribution in [2.24, 2.45) is 0 Å². The van der Waals surface area contributed by atoms with Crippen LogP contribution >= 0.6 is 11.6 Å². The Kier molecular flexibility index (Phi) is 5.07. The molecule has 0 saturated carbocycles. The second-order valence-electron chi connectivity index (χ2n) is 7.16. The molecule has 0 aromatic carbocycles. The van der Waals surface area contributed by atoms with Crippen molar-refractivity contribution < 1.29 is 18.0 Å². The summed E-state index contributed by atoms with van der Waals surface area (Å²) in [7, 11) is 0. The number of carbonyl (C=O) groups excluding carboxylic acids is 1. The first-order valence-electron chi connectivity index (χ1n) is 9.10. The van der Waals surface area contributed by atoms with E-state index in [1.165, 1.54) is 6.07 Å². The second-order valence-corrected chi connectivity index (χ2v) is 7.60. The van der Waals surface area contributed by atoms with Crippen molar-refractivity contribution in [3.05, 3.63) is 29.0 Å². The van der Waals surface area contributed by atoms with Crippen molar-refractivity contribution in [2.45, 2.75) is 31.5 Å². The highest BCUT2D eigenvalue weighted by Gasteiger charge is 2.47. The third kappa shape index (κ3) is 3.99. The van der Waals surface area contributed by atoms with Crippen LogP contribution in [0.1, 0.15) is 24.8 Å². The smallest absolute Gasteiger partial charge is 0.354 e. The summed E-state index contributed by atoms with van der Waals surface area (Å²) < 4.78 is 41.1. The molecular weight excluding hydrogens is 409 g/mol. The number of nitrogens with zero attached hydrogens (tertiary/aromatic N) is 4. The van der Waals surface area contributed by atoms with Gasteiger partial charge in [-0.3, -0.25) is 4.79 Å². The molecule has 154 valence electrons. The summed E-state index contributed by atoms with van der Waals surface area (Å²) in [5.41, 5.74) is 0.0426. The zero-order valence-corrected chi connectivity index (χ0v) is 16.2.